The number of aromatic nitrogens is 6. The van der Waals surface area contributed by atoms with E-state index in [1.54, 1.807) is 23.0 Å². The van der Waals surface area contributed by atoms with Crippen molar-refractivity contribution in [2.45, 2.75) is 6.54 Å². The highest BCUT2D eigenvalue weighted by Gasteiger charge is 2.11. The summed E-state index contributed by atoms with van der Waals surface area (Å²) in [5.41, 5.74) is 2.76. The molecule has 134 valence electrons. The smallest absolute Gasteiger partial charge is 0.258 e. The van der Waals surface area contributed by atoms with Crippen LogP contribution in [0, 0.1) is 0 Å². The summed E-state index contributed by atoms with van der Waals surface area (Å²) < 4.78 is 1.67. The summed E-state index contributed by atoms with van der Waals surface area (Å²) >= 11 is 6.17. The third kappa shape index (κ3) is 3.85. The van der Waals surface area contributed by atoms with Crippen LogP contribution in [0.25, 0.3) is 11.4 Å². The molecule has 27 heavy (non-hydrogen) atoms. The van der Waals surface area contributed by atoms with E-state index < -0.39 is 0 Å². The zero-order valence-electron chi connectivity index (χ0n) is 14.0. The number of nitrogens with zero attached hydrogens (tertiary/aromatic N) is 5. The van der Waals surface area contributed by atoms with Crippen LogP contribution in [0.5, 0.6) is 0 Å². The number of rotatable bonds is 5. The molecule has 0 saturated heterocycles. The van der Waals surface area contributed by atoms with Crippen molar-refractivity contribution in [1.29, 1.82) is 0 Å². The molecule has 0 unspecified atom stereocenters. The minimum Gasteiger partial charge on any atom is -0.322 e. The fourth-order valence-electron chi connectivity index (χ4n) is 2.59. The highest BCUT2D eigenvalue weighted by Crippen LogP contribution is 2.19. The molecule has 0 atom stereocenters. The van der Waals surface area contributed by atoms with Crippen molar-refractivity contribution in [3.05, 3.63) is 77.1 Å². The SMILES string of the molecule is O=C(Nc1cccc(-c2nn[nH]n2)c1)c1cnn(Cc2ccccc2Cl)c1. The van der Waals surface area contributed by atoms with E-state index in [-0.39, 0.29) is 5.91 Å². The number of tetrazole rings is 1. The normalized spacial score (nSPS) is 10.7. The topological polar surface area (TPSA) is 101 Å². The first-order chi connectivity index (χ1) is 13.2. The molecule has 0 bridgehead atoms. The van der Waals surface area contributed by atoms with Gasteiger partial charge in [-0.3, -0.25) is 9.48 Å². The van der Waals surface area contributed by atoms with Gasteiger partial charge in [-0.05, 0) is 29.0 Å². The van der Waals surface area contributed by atoms with Crippen molar-refractivity contribution < 1.29 is 4.79 Å². The maximum Gasteiger partial charge on any atom is 0.258 e. The molecule has 0 spiro atoms. The second-order valence-electron chi connectivity index (χ2n) is 5.79. The molecule has 0 radical (unpaired) electrons. The molecule has 8 nitrogen and oxygen atoms in total. The Morgan fingerprint density at radius 1 is 1.19 bits per heavy atom. The molecule has 0 aliphatic carbocycles. The average molecular weight is 380 g/mol. The molecule has 0 aliphatic heterocycles. The Hall–Kier alpha value is -3.52. The Morgan fingerprint density at radius 3 is 2.89 bits per heavy atom. The number of hydrogen-bond donors (Lipinski definition) is 2. The fourth-order valence-corrected chi connectivity index (χ4v) is 2.79. The van der Waals surface area contributed by atoms with E-state index in [1.165, 1.54) is 6.20 Å². The van der Waals surface area contributed by atoms with Crippen LogP contribution in [0.1, 0.15) is 15.9 Å². The van der Waals surface area contributed by atoms with Gasteiger partial charge in [0.05, 0.1) is 18.3 Å². The van der Waals surface area contributed by atoms with Crippen LogP contribution < -0.4 is 5.32 Å². The maximum absolute atomic E-state index is 12.5. The lowest BCUT2D eigenvalue weighted by molar-refractivity contribution is 0.102. The van der Waals surface area contributed by atoms with Gasteiger partial charge in [-0.15, -0.1) is 10.2 Å². The first-order valence-electron chi connectivity index (χ1n) is 8.10. The summed E-state index contributed by atoms with van der Waals surface area (Å²) in [6.45, 7) is 0.486. The lowest BCUT2D eigenvalue weighted by atomic mass is 10.2. The van der Waals surface area contributed by atoms with Gasteiger partial charge in [0.1, 0.15) is 0 Å². The summed E-state index contributed by atoms with van der Waals surface area (Å²) in [5, 5.41) is 21.5. The van der Waals surface area contributed by atoms with Crippen LogP contribution in [-0.4, -0.2) is 36.3 Å². The van der Waals surface area contributed by atoms with Crippen molar-refractivity contribution >= 4 is 23.2 Å². The predicted molar refractivity (Wildman–Crippen MR) is 100 cm³/mol. The number of carbonyl (C=O) groups excluding carboxylic acids is 1. The van der Waals surface area contributed by atoms with Crippen LogP contribution in [0.15, 0.2) is 60.9 Å². The van der Waals surface area contributed by atoms with Crippen LogP contribution in [-0.2, 0) is 6.54 Å². The number of amides is 1. The highest BCUT2D eigenvalue weighted by atomic mass is 35.5. The van der Waals surface area contributed by atoms with E-state index in [0.29, 0.717) is 28.6 Å². The van der Waals surface area contributed by atoms with Gasteiger partial charge in [-0.25, -0.2) is 0 Å². The molecule has 0 fully saturated rings. The molecule has 2 aromatic carbocycles. The van der Waals surface area contributed by atoms with Gasteiger partial charge in [-0.2, -0.15) is 10.3 Å². The summed E-state index contributed by atoms with van der Waals surface area (Å²) in [5.74, 6) is 0.198. The Bertz CT molecular complexity index is 1070. The van der Waals surface area contributed by atoms with Crippen molar-refractivity contribution in [2.24, 2.45) is 0 Å². The highest BCUT2D eigenvalue weighted by molar-refractivity contribution is 6.31. The Balaban J connectivity index is 1.47. The standard InChI is InChI=1S/C18H14ClN7O/c19-16-7-2-1-4-13(16)10-26-11-14(9-20-26)18(27)21-15-6-3-5-12(8-15)17-22-24-25-23-17/h1-9,11H,10H2,(H,21,27)(H,22,23,24,25). The van der Waals surface area contributed by atoms with Gasteiger partial charge in [0.15, 0.2) is 0 Å². The minimum absolute atomic E-state index is 0.259. The molecular weight excluding hydrogens is 366 g/mol. The second kappa shape index (κ2) is 7.38. The van der Waals surface area contributed by atoms with Gasteiger partial charge < -0.3 is 5.32 Å². The molecular formula is C18H14ClN7O. The van der Waals surface area contributed by atoms with Gasteiger partial charge >= 0.3 is 0 Å². The molecule has 0 saturated carbocycles. The Morgan fingerprint density at radius 2 is 2.07 bits per heavy atom. The first kappa shape index (κ1) is 16.9. The van der Waals surface area contributed by atoms with Gasteiger partial charge in [-0.1, -0.05) is 41.9 Å². The zero-order valence-corrected chi connectivity index (χ0v) is 14.8. The van der Waals surface area contributed by atoms with E-state index in [1.807, 2.05) is 36.4 Å². The number of anilines is 1. The number of hydrogen-bond acceptors (Lipinski definition) is 5. The second-order valence-corrected chi connectivity index (χ2v) is 6.20. The monoisotopic (exact) mass is 379 g/mol. The van der Waals surface area contributed by atoms with E-state index in [4.69, 9.17) is 11.6 Å². The van der Waals surface area contributed by atoms with Crippen molar-refractivity contribution in [3.63, 3.8) is 0 Å². The molecule has 1 amide bonds. The maximum atomic E-state index is 12.5. The number of benzene rings is 2. The van der Waals surface area contributed by atoms with E-state index in [0.717, 1.165) is 11.1 Å². The van der Waals surface area contributed by atoms with Crippen LogP contribution in [0.3, 0.4) is 0 Å². The molecule has 2 aromatic heterocycles. The molecule has 0 aliphatic rings. The lowest BCUT2D eigenvalue weighted by Crippen LogP contribution is -2.11. The molecule has 9 heteroatoms. The van der Waals surface area contributed by atoms with Crippen molar-refractivity contribution in [1.82, 2.24) is 30.4 Å². The Kier molecular flexibility index (Phi) is 4.63. The van der Waals surface area contributed by atoms with Crippen LogP contribution in [0.4, 0.5) is 5.69 Å². The van der Waals surface area contributed by atoms with Crippen LogP contribution >= 0.6 is 11.6 Å². The molecule has 2 N–H and O–H groups in total. The quantitative estimate of drug-likeness (QED) is 0.555. The summed E-state index contributed by atoms with van der Waals surface area (Å²) in [7, 11) is 0. The number of aromatic amines is 1. The first-order valence-corrected chi connectivity index (χ1v) is 8.48. The molecule has 4 aromatic rings. The largest absolute Gasteiger partial charge is 0.322 e. The van der Waals surface area contributed by atoms with Crippen LogP contribution in [0.2, 0.25) is 5.02 Å². The van der Waals surface area contributed by atoms with Gasteiger partial charge in [0.25, 0.3) is 5.91 Å². The van der Waals surface area contributed by atoms with Gasteiger partial charge in [0, 0.05) is 22.5 Å². The number of carbonyl (C=O) groups is 1. The number of halogens is 1. The lowest BCUT2D eigenvalue weighted by Gasteiger charge is -2.05. The summed E-state index contributed by atoms with van der Waals surface area (Å²) in [4.78, 5) is 12.5. The third-order valence-electron chi connectivity index (χ3n) is 3.91. The average Bonchev–Trinajstić information content (AvgIpc) is 3.36. The fraction of sp³-hybridized carbons (Fsp3) is 0.0556. The van der Waals surface area contributed by atoms with E-state index in [9.17, 15) is 4.79 Å². The van der Waals surface area contributed by atoms with Crippen molar-refractivity contribution in [3.8, 4) is 11.4 Å². The van der Waals surface area contributed by atoms with E-state index in [2.05, 4.69) is 31.0 Å². The Labute approximate surface area is 159 Å². The number of nitrogens with one attached hydrogen (secondary N) is 2. The third-order valence-corrected chi connectivity index (χ3v) is 4.28. The molecule has 4 rings (SSSR count). The molecule has 2 heterocycles. The van der Waals surface area contributed by atoms with E-state index >= 15 is 0 Å². The number of H-pyrrole nitrogens is 1. The van der Waals surface area contributed by atoms with Gasteiger partial charge in [0.2, 0.25) is 5.82 Å². The summed E-state index contributed by atoms with van der Waals surface area (Å²) in [6.07, 6.45) is 3.21. The van der Waals surface area contributed by atoms with Crippen molar-refractivity contribution in [2.75, 3.05) is 5.32 Å². The minimum atomic E-state index is -0.259. The predicted octanol–water partition coefficient (Wildman–Crippen LogP) is 3.02. The zero-order chi connectivity index (χ0) is 18.6. The summed E-state index contributed by atoms with van der Waals surface area (Å²) in [6, 6.07) is 14.7.